The summed E-state index contributed by atoms with van der Waals surface area (Å²) in [4.78, 5) is 8.52. The Labute approximate surface area is 96.1 Å². The van der Waals surface area contributed by atoms with Crippen LogP contribution in [0.1, 0.15) is 37.6 Å². The Morgan fingerprint density at radius 2 is 2.13 bits per heavy atom. The lowest BCUT2D eigenvalue weighted by atomic mass is 10.1. The third-order valence-electron chi connectivity index (χ3n) is 2.82. The first-order chi connectivity index (χ1) is 7.29. The van der Waals surface area contributed by atoms with E-state index in [2.05, 4.69) is 23.0 Å². The number of nitrogens with zero attached hydrogens (tertiary/aromatic N) is 2. The molecule has 1 aliphatic carbocycles. The summed E-state index contributed by atoms with van der Waals surface area (Å²) in [6.07, 6.45) is 7.31. The van der Waals surface area contributed by atoms with Gasteiger partial charge in [-0.1, -0.05) is 13.3 Å². The fraction of sp³-hybridized carbons (Fsp3) is 0.667. The molecule has 0 N–H and O–H groups in total. The monoisotopic (exact) mass is 224 g/mol. The molecule has 1 unspecified atom stereocenters. The molecule has 1 atom stereocenters. The molecule has 1 saturated carbocycles. The molecule has 15 heavy (non-hydrogen) atoms. The van der Waals surface area contributed by atoms with E-state index in [4.69, 9.17) is 11.6 Å². The zero-order chi connectivity index (χ0) is 10.7. The van der Waals surface area contributed by atoms with Gasteiger partial charge >= 0.3 is 0 Å². The minimum absolute atomic E-state index is 0.273. The second-order valence-electron chi connectivity index (χ2n) is 4.31. The maximum Gasteiger partial charge on any atom is 0.115 e. The molecule has 0 radical (unpaired) electrons. The Hall–Kier alpha value is -0.630. The highest BCUT2D eigenvalue weighted by atomic mass is 35.5. The Kier molecular flexibility index (Phi) is 3.57. The smallest absolute Gasteiger partial charge is 0.115 e. The van der Waals surface area contributed by atoms with Crippen LogP contribution in [-0.2, 0) is 12.8 Å². The van der Waals surface area contributed by atoms with Crippen molar-refractivity contribution in [2.24, 2.45) is 5.92 Å². The summed E-state index contributed by atoms with van der Waals surface area (Å²) in [5.74, 6) is 0.733. The Morgan fingerprint density at radius 1 is 1.40 bits per heavy atom. The van der Waals surface area contributed by atoms with Crippen LogP contribution in [0.4, 0.5) is 0 Å². The lowest BCUT2D eigenvalue weighted by Crippen LogP contribution is -2.08. The first kappa shape index (κ1) is 10.9. The summed E-state index contributed by atoms with van der Waals surface area (Å²) in [6, 6.07) is 2.10. The van der Waals surface area contributed by atoms with Crippen molar-refractivity contribution in [3.05, 3.63) is 23.8 Å². The molecule has 0 bridgehead atoms. The summed E-state index contributed by atoms with van der Waals surface area (Å²) < 4.78 is 0. The molecule has 0 saturated heterocycles. The van der Waals surface area contributed by atoms with Crippen LogP contribution in [-0.4, -0.2) is 15.3 Å². The predicted molar refractivity (Wildman–Crippen MR) is 62.1 cm³/mol. The molecule has 82 valence electrons. The van der Waals surface area contributed by atoms with Crippen LogP contribution in [0.3, 0.4) is 0 Å². The first-order valence-electron chi connectivity index (χ1n) is 5.73. The minimum atomic E-state index is 0.273. The van der Waals surface area contributed by atoms with Gasteiger partial charge in [-0.25, -0.2) is 9.97 Å². The second kappa shape index (κ2) is 4.93. The van der Waals surface area contributed by atoms with Crippen molar-refractivity contribution in [2.75, 3.05) is 0 Å². The molecule has 1 aromatic heterocycles. The van der Waals surface area contributed by atoms with Crippen molar-refractivity contribution in [2.45, 2.75) is 44.4 Å². The SMILES string of the molecule is CCCc1cc(CC(Cl)C2CC2)ncn1. The summed E-state index contributed by atoms with van der Waals surface area (Å²) in [5.41, 5.74) is 2.24. The van der Waals surface area contributed by atoms with Crippen LogP contribution in [0.5, 0.6) is 0 Å². The normalized spacial score (nSPS) is 17.7. The van der Waals surface area contributed by atoms with Crippen molar-refractivity contribution in [3.8, 4) is 0 Å². The molecule has 0 amide bonds. The summed E-state index contributed by atoms with van der Waals surface area (Å²) in [7, 11) is 0. The van der Waals surface area contributed by atoms with E-state index < -0.39 is 0 Å². The molecule has 0 aliphatic heterocycles. The number of aryl methyl sites for hydroxylation is 1. The zero-order valence-corrected chi connectivity index (χ0v) is 9.87. The van der Waals surface area contributed by atoms with Crippen LogP contribution in [0.25, 0.3) is 0 Å². The summed E-state index contributed by atoms with van der Waals surface area (Å²) in [6.45, 7) is 2.16. The lowest BCUT2D eigenvalue weighted by Gasteiger charge is -2.07. The molecule has 1 aromatic rings. The molecule has 1 fully saturated rings. The average Bonchev–Trinajstić information content (AvgIpc) is 3.01. The maximum atomic E-state index is 6.28. The molecule has 3 heteroatoms. The fourth-order valence-corrected chi connectivity index (χ4v) is 2.18. The predicted octanol–water partition coefficient (Wildman–Crippen LogP) is 2.99. The van der Waals surface area contributed by atoms with E-state index in [-0.39, 0.29) is 5.38 Å². The van der Waals surface area contributed by atoms with Gasteiger partial charge in [0, 0.05) is 23.2 Å². The topological polar surface area (TPSA) is 25.8 Å². The molecular weight excluding hydrogens is 208 g/mol. The van der Waals surface area contributed by atoms with Crippen LogP contribution in [0, 0.1) is 5.92 Å². The van der Waals surface area contributed by atoms with Gasteiger partial charge in [-0.2, -0.15) is 0 Å². The quantitative estimate of drug-likeness (QED) is 0.719. The molecule has 1 heterocycles. The van der Waals surface area contributed by atoms with Crippen molar-refractivity contribution >= 4 is 11.6 Å². The van der Waals surface area contributed by atoms with Gasteiger partial charge in [-0.05, 0) is 31.2 Å². The van der Waals surface area contributed by atoms with Crippen LogP contribution < -0.4 is 0 Å². The Morgan fingerprint density at radius 3 is 2.80 bits per heavy atom. The van der Waals surface area contributed by atoms with Gasteiger partial charge in [0.15, 0.2) is 0 Å². The molecule has 0 aromatic carbocycles. The van der Waals surface area contributed by atoms with Gasteiger partial charge in [0.2, 0.25) is 0 Å². The number of aromatic nitrogens is 2. The molecule has 0 spiro atoms. The van der Waals surface area contributed by atoms with E-state index in [1.54, 1.807) is 6.33 Å². The average molecular weight is 225 g/mol. The van der Waals surface area contributed by atoms with E-state index in [1.807, 2.05) is 0 Å². The van der Waals surface area contributed by atoms with Gasteiger partial charge < -0.3 is 0 Å². The van der Waals surface area contributed by atoms with Crippen molar-refractivity contribution in [1.82, 2.24) is 9.97 Å². The van der Waals surface area contributed by atoms with Gasteiger partial charge in [0.25, 0.3) is 0 Å². The number of hydrogen-bond acceptors (Lipinski definition) is 2. The van der Waals surface area contributed by atoms with Crippen LogP contribution in [0.2, 0.25) is 0 Å². The van der Waals surface area contributed by atoms with Crippen molar-refractivity contribution in [3.63, 3.8) is 0 Å². The molecule has 2 nitrogen and oxygen atoms in total. The number of halogens is 1. The second-order valence-corrected chi connectivity index (χ2v) is 4.87. The van der Waals surface area contributed by atoms with Gasteiger partial charge in [0.1, 0.15) is 6.33 Å². The van der Waals surface area contributed by atoms with Gasteiger partial charge in [0.05, 0.1) is 0 Å². The van der Waals surface area contributed by atoms with E-state index >= 15 is 0 Å². The maximum absolute atomic E-state index is 6.28. The summed E-state index contributed by atoms with van der Waals surface area (Å²) in [5, 5.41) is 0.273. The highest BCUT2D eigenvalue weighted by Crippen LogP contribution is 2.36. The van der Waals surface area contributed by atoms with Crippen molar-refractivity contribution in [1.29, 1.82) is 0 Å². The fourth-order valence-electron chi connectivity index (χ4n) is 1.77. The van der Waals surface area contributed by atoms with Crippen LogP contribution in [0.15, 0.2) is 12.4 Å². The van der Waals surface area contributed by atoms with E-state index in [0.29, 0.717) is 0 Å². The third-order valence-corrected chi connectivity index (χ3v) is 3.33. The van der Waals surface area contributed by atoms with Crippen LogP contribution >= 0.6 is 11.6 Å². The molecule has 1 aliphatic rings. The number of hydrogen-bond donors (Lipinski definition) is 0. The summed E-state index contributed by atoms with van der Waals surface area (Å²) >= 11 is 6.28. The third kappa shape index (κ3) is 3.16. The highest BCUT2D eigenvalue weighted by molar-refractivity contribution is 6.21. The standard InChI is InChI=1S/C12H17ClN2/c1-2-3-10-6-11(15-8-14-10)7-12(13)9-4-5-9/h6,8-9,12H,2-5,7H2,1H3. The highest BCUT2D eigenvalue weighted by Gasteiger charge is 2.29. The Balaban J connectivity index is 1.97. The molecule has 2 rings (SSSR count). The molecular formula is C12H17ClN2. The number of rotatable bonds is 5. The van der Waals surface area contributed by atoms with E-state index in [1.165, 1.54) is 12.8 Å². The van der Waals surface area contributed by atoms with Crippen molar-refractivity contribution < 1.29 is 0 Å². The largest absolute Gasteiger partial charge is 0.241 e. The van der Waals surface area contributed by atoms with Gasteiger partial charge in [-0.15, -0.1) is 11.6 Å². The zero-order valence-electron chi connectivity index (χ0n) is 9.12. The minimum Gasteiger partial charge on any atom is -0.241 e. The van der Waals surface area contributed by atoms with E-state index in [9.17, 15) is 0 Å². The van der Waals surface area contributed by atoms with E-state index in [0.717, 1.165) is 36.6 Å². The first-order valence-corrected chi connectivity index (χ1v) is 6.17. The lowest BCUT2D eigenvalue weighted by molar-refractivity contribution is 0.718. The Bertz CT molecular complexity index is 323. The number of alkyl halides is 1. The van der Waals surface area contributed by atoms with Gasteiger partial charge in [-0.3, -0.25) is 0 Å².